The summed E-state index contributed by atoms with van der Waals surface area (Å²) in [4.78, 5) is 8.92. The summed E-state index contributed by atoms with van der Waals surface area (Å²) in [5.74, 6) is 0.508. The lowest BCUT2D eigenvalue weighted by Gasteiger charge is -2.30. The zero-order chi connectivity index (χ0) is 17.3. The Kier molecular flexibility index (Phi) is 9.49. The number of halogens is 1. The van der Waals surface area contributed by atoms with Gasteiger partial charge in [-0.15, -0.1) is 24.0 Å². The van der Waals surface area contributed by atoms with E-state index in [-0.39, 0.29) is 29.4 Å². The normalized spacial score (nSPS) is 11.7. The monoisotopic (exact) mass is 452 g/mol. The molecule has 0 aliphatic carbocycles. The second kappa shape index (κ2) is 11.1. The molecular weight excluding hydrogens is 423 g/mol. The van der Waals surface area contributed by atoms with Gasteiger partial charge < -0.3 is 11.1 Å². The molecule has 0 fully saturated rings. The van der Waals surface area contributed by atoms with Crippen molar-refractivity contribution in [3.63, 3.8) is 0 Å². The van der Waals surface area contributed by atoms with E-state index in [0.717, 1.165) is 31.5 Å². The molecule has 136 valence electrons. The van der Waals surface area contributed by atoms with Crippen LogP contribution in [0.25, 0.3) is 0 Å². The quantitative estimate of drug-likeness (QED) is 0.363. The van der Waals surface area contributed by atoms with Gasteiger partial charge in [0.2, 0.25) is 0 Å². The first-order chi connectivity index (χ1) is 11.7. The smallest absolute Gasteiger partial charge is 0.188 e. The minimum Gasteiger partial charge on any atom is -0.370 e. The first-order valence-corrected chi connectivity index (χ1v) is 8.69. The van der Waals surface area contributed by atoms with Gasteiger partial charge in [-0.1, -0.05) is 50.2 Å². The van der Waals surface area contributed by atoms with Crippen molar-refractivity contribution < 1.29 is 0 Å². The maximum atomic E-state index is 6.05. The number of nitrogens with two attached hydrogens (primary N) is 1. The Morgan fingerprint density at radius 2 is 1.76 bits per heavy atom. The Morgan fingerprint density at radius 3 is 2.36 bits per heavy atom. The van der Waals surface area contributed by atoms with Crippen molar-refractivity contribution >= 4 is 29.9 Å². The first kappa shape index (κ1) is 21.4. The molecule has 0 aliphatic rings. The molecule has 0 unspecified atom stereocenters. The molecular formula is C20H29IN4. The molecule has 3 N–H and O–H groups in total. The fraction of sp³-hybridized carbons (Fsp3) is 0.400. The lowest BCUT2D eigenvalue weighted by Crippen LogP contribution is -2.36. The summed E-state index contributed by atoms with van der Waals surface area (Å²) in [5, 5.41) is 3.19. The molecule has 0 spiro atoms. The summed E-state index contributed by atoms with van der Waals surface area (Å²) < 4.78 is 0. The van der Waals surface area contributed by atoms with Gasteiger partial charge in [-0.3, -0.25) is 9.98 Å². The van der Waals surface area contributed by atoms with Crippen LogP contribution in [0.4, 0.5) is 0 Å². The van der Waals surface area contributed by atoms with Gasteiger partial charge in [0.05, 0.1) is 6.54 Å². The number of nitrogens with zero attached hydrogens (tertiary/aromatic N) is 2. The Hall–Kier alpha value is -1.63. The van der Waals surface area contributed by atoms with Crippen LogP contribution in [0.3, 0.4) is 0 Å². The van der Waals surface area contributed by atoms with Gasteiger partial charge in [-0.25, -0.2) is 0 Å². The van der Waals surface area contributed by atoms with Crippen molar-refractivity contribution in [1.82, 2.24) is 10.3 Å². The highest BCUT2D eigenvalue weighted by molar-refractivity contribution is 14.0. The molecule has 0 aliphatic heterocycles. The van der Waals surface area contributed by atoms with Crippen molar-refractivity contribution in [2.75, 3.05) is 13.1 Å². The molecule has 1 heterocycles. The van der Waals surface area contributed by atoms with Crippen LogP contribution < -0.4 is 11.1 Å². The number of benzene rings is 1. The van der Waals surface area contributed by atoms with Crippen LogP contribution >= 0.6 is 24.0 Å². The van der Waals surface area contributed by atoms with E-state index in [0.29, 0.717) is 12.5 Å². The zero-order valence-corrected chi connectivity index (χ0v) is 17.4. The molecule has 1 aromatic carbocycles. The van der Waals surface area contributed by atoms with Crippen LogP contribution in [0.1, 0.15) is 37.9 Å². The summed E-state index contributed by atoms with van der Waals surface area (Å²) in [6, 6.07) is 16.5. The predicted molar refractivity (Wildman–Crippen MR) is 117 cm³/mol. The number of pyridine rings is 1. The molecule has 0 saturated heterocycles. The van der Waals surface area contributed by atoms with Gasteiger partial charge in [0.25, 0.3) is 0 Å². The highest BCUT2D eigenvalue weighted by atomic mass is 127. The van der Waals surface area contributed by atoms with Crippen LogP contribution in [-0.2, 0) is 11.8 Å². The number of guanidine groups is 1. The summed E-state index contributed by atoms with van der Waals surface area (Å²) in [5.41, 5.74) is 8.49. The molecule has 0 amide bonds. The van der Waals surface area contributed by atoms with Crippen molar-refractivity contribution in [2.45, 2.75) is 38.5 Å². The zero-order valence-electron chi connectivity index (χ0n) is 15.1. The molecule has 2 aromatic rings. The lowest BCUT2D eigenvalue weighted by molar-refractivity contribution is 0.407. The average molecular weight is 452 g/mol. The molecule has 25 heavy (non-hydrogen) atoms. The predicted octanol–water partition coefficient (Wildman–Crippen LogP) is 3.90. The third-order valence-electron chi connectivity index (χ3n) is 4.71. The van der Waals surface area contributed by atoms with Crippen LogP contribution in [0.2, 0.25) is 0 Å². The van der Waals surface area contributed by atoms with Crippen LogP contribution in [0.15, 0.2) is 59.7 Å². The summed E-state index contributed by atoms with van der Waals surface area (Å²) in [6.07, 6.45) is 4.72. The highest BCUT2D eigenvalue weighted by Crippen LogP contribution is 2.31. The molecule has 0 saturated carbocycles. The minimum atomic E-state index is 0. The topological polar surface area (TPSA) is 63.3 Å². The fourth-order valence-corrected chi connectivity index (χ4v) is 2.92. The molecule has 1 aromatic heterocycles. The Labute approximate surface area is 168 Å². The standard InChI is InChI=1S/C20H28N4.HI/c1-3-20(4-2,17-10-6-5-7-11-17)16-24-19(21)23-15-13-18-12-8-9-14-22-18;/h5-12,14H,3-4,13,15-16H2,1-2H3,(H3,21,23,24);1H. The third kappa shape index (κ3) is 6.30. The van der Waals surface area contributed by atoms with Gasteiger partial charge in [0.15, 0.2) is 5.96 Å². The van der Waals surface area contributed by atoms with E-state index in [1.807, 2.05) is 24.4 Å². The SMILES string of the molecule is CCC(CC)(CN=C(N)NCCc1ccccn1)c1ccccc1.I. The maximum Gasteiger partial charge on any atom is 0.188 e. The van der Waals surface area contributed by atoms with Crippen molar-refractivity contribution in [1.29, 1.82) is 0 Å². The number of aliphatic imine (C=N–C) groups is 1. The van der Waals surface area contributed by atoms with Crippen LogP contribution in [0, 0.1) is 0 Å². The van der Waals surface area contributed by atoms with Gasteiger partial charge in [0.1, 0.15) is 0 Å². The van der Waals surface area contributed by atoms with E-state index in [2.05, 4.69) is 59.5 Å². The van der Waals surface area contributed by atoms with E-state index in [4.69, 9.17) is 5.73 Å². The first-order valence-electron chi connectivity index (χ1n) is 8.69. The Morgan fingerprint density at radius 1 is 1.08 bits per heavy atom. The second-order valence-electron chi connectivity index (χ2n) is 6.05. The summed E-state index contributed by atoms with van der Waals surface area (Å²) in [7, 11) is 0. The van der Waals surface area contributed by atoms with Gasteiger partial charge in [-0.2, -0.15) is 0 Å². The van der Waals surface area contributed by atoms with Crippen LogP contribution in [0.5, 0.6) is 0 Å². The van der Waals surface area contributed by atoms with Crippen LogP contribution in [-0.4, -0.2) is 24.0 Å². The molecule has 2 rings (SSSR count). The lowest BCUT2D eigenvalue weighted by atomic mass is 9.76. The van der Waals surface area contributed by atoms with E-state index >= 15 is 0 Å². The number of aromatic nitrogens is 1. The fourth-order valence-electron chi connectivity index (χ4n) is 2.92. The van der Waals surface area contributed by atoms with Crippen molar-refractivity contribution in [3.05, 3.63) is 66.0 Å². The maximum absolute atomic E-state index is 6.05. The van der Waals surface area contributed by atoms with E-state index < -0.39 is 0 Å². The Balaban J connectivity index is 0.00000312. The molecule has 0 atom stereocenters. The minimum absolute atomic E-state index is 0. The van der Waals surface area contributed by atoms with Crippen molar-refractivity contribution in [3.8, 4) is 0 Å². The van der Waals surface area contributed by atoms with Gasteiger partial charge in [-0.05, 0) is 30.5 Å². The third-order valence-corrected chi connectivity index (χ3v) is 4.71. The Bertz CT molecular complexity index is 625. The van der Waals surface area contributed by atoms with Gasteiger partial charge >= 0.3 is 0 Å². The van der Waals surface area contributed by atoms with E-state index in [1.165, 1.54) is 5.56 Å². The average Bonchev–Trinajstić information content (AvgIpc) is 2.65. The largest absolute Gasteiger partial charge is 0.370 e. The highest BCUT2D eigenvalue weighted by Gasteiger charge is 2.27. The van der Waals surface area contributed by atoms with Crippen molar-refractivity contribution in [2.24, 2.45) is 10.7 Å². The molecule has 4 nitrogen and oxygen atoms in total. The summed E-state index contributed by atoms with van der Waals surface area (Å²) in [6.45, 7) is 5.88. The van der Waals surface area contributed by atoms with Gasteiger partial charge in [0, 0.05) is 30.3 Å². The summed E-state index contributed by atoms with van der Waals surface area (Å²) >= 11 is 0. The number of rotatable bonds is 8. The number of hydrogen-bond acceptors (Lipinski definition) is 2. The second-order valence-corrected chi connectivity index (χ2v) is 6.05. The molecule has 0 radical (unpaired) electrons. The van der Waals surface area contributed by atoms with E-state index in [1.54, 1.807) is 0 Å². The molecule has 5 heteroatoms. The van der Waals surface area contributed by atoms with E-state index in [9.17, 15) is 0 Å². The number of hydrogen-bond donors (Lipinski definition) is 2. The number of nitrogens with one attached hydrogen (secondary N) is 1. The molecule has 0 bridgehead atoms.